The normalized spacial score (nSPS) is 20.8. The average Bonchev–Trinajstić information content (AvgIpc) is 2.37. The Bertz CT molecular complexity index is 383. The van der Waals surface area contributed by atoms with Gasteiger partial charge in [0.25, 0.3) is 0 Å². The van der Waals surface area contributed by atoms with Gasteiger partial charge in [-0.25, -0.2) is 0 Å². The number of hydrogen-bond donors (Lipinski definition) is 1. The Morgan fingerprint density at radius 3 is 2.78 bits per heavy atom. The number of piperidine rings is 1. The van der Waals surface area contributed by atoms with Gasteiger partial charge in [0, 0.05) is 19.1 Å². The van der Waals surface area contributed by atoms with Gasteiger partial charge < -0.3 is 10.6 Å². The van der Waals surface area contributed by atoms with E-state index < -0.39 is 0 Å². The third-order valence-electron chi connectivity index (χ3n) is 3.86. The molecule has 0 bridgehead atoms. The number of aromatic nitrogens is 1. The number of rotatable bonds is 3. The van der Waals surface area contributed by atoms with Crippen LogP contribution in [0.25, 0.3) is 0 Å². The summed E-state index contributed by atoms with van der Waals surface area (Å²) < 4.78 is 0. The first-order valence-electron chi connectivity index (χ1n) is 6.98. The Balaban J connectivity index is 2.09. The maximum absolute atomic E-state index is 5.99. The van der Waals surface area contributed by atoms with Crippen LogP contribution in [0.2, 0.25) is 0 Å². The molecule has 18 heavy (non-hydrogen) atoms. The van der Waals surface area contributed by atoms with Crippen LogP contribution in [0.5, 0.6) is 0 Å². The van der Waals surface area contributed by atoms with Gasteiger partial charge in [0.1, 0.15) is 0 Å². The van der Waals surface area contributed by atoms with Crippen molar-refractivity contribution in [3.63, 3.8) is 0 Å². The van der Waals surface area contributed by atoms with Gasteiger partial charge in [0.05, 0.1) is 17.6 Å². The Kier molecular flexibility index (Phi) is 3.91. The molecule has 0 aromatic carbocycles. The molecule has 0 radical (unpaired) electrons. The fourth-order valence-corrected chi connectivity index (χ4v) is 2.66. The summed E-state index contributed by atoms with van der Waals surface area (Å²) in [5.74, 6) is 0. The van der Waals surface area contributed by atoms with Crippen LogP contribution >= 0.6 is 0 Å². The highest BCUT2D eigenvalue weighted by Crippen LogP contribution is 2.31. The fraction of sp³-hybridized carbons (Fsp3) is 0.667. The van der Waals surface area contributed by atoms with Gasteiger partial charge >= 0.3 is 0 Å². The zero-order valence-electron chi connectivity index (χ0n) is 11.8. The van der Waals surface area contributed by atoms with E-state index in [0.717, 1.165) is 25.2 Å². The van der Waals surface area contributed by atoms with Crippen LogP contribution in [-0.4, -0.2) is 18.1 Å². The zero-order valence-corrected chi connectivity index (χ0v) is 11.8. The van der Waals surface area contributed by atoms with Crippen molar-refractivity contribution in [1.29, 1.82) is 0 Å². The molecule has 2 N–H and O–H groups in total. The highest BCUT2D eigenvalue weighted by molar-refractivity contribution is 5.45. The molecule has 1 aliphatic heterocycles. The van der Waals surface area contributed by atoms with Gasteiger partial charge in [0.15, 0.2) is 0 Å². The minimum absolute atomic E-state index is 0.0665. The lowest BCUT2D eigenvalue weighted by atomic mass is 9.84. The lowest BCUT2D eigenvalue weighted by Gasteiger charge is -2.39. The van der Waals surface area contributed by atoms with E-state index in [1.165, 1.54) is 18.5 Å². The summed E-state index contributed by atoms with van der Waals surface area (Å²) in [6.07, 6.45) is 5.49. The van der Waals surface area contributed by atoms with Crippen molar-refractivity contribution in [2.45, 2.75) is 46.1 Å². The molecule has 1 aromatic heterocycles. The molecule has 3 nitrogen and oxygen atoms in total. The largest absolute Gasteiger partial charge is 0.370 e. The number of nitrogens with zero attached hydrogens (tertiary/aromatic N) is 2. The number of anilines is 1. The van der Waals surface area contributed by atoms with E-state index >= 15 is 0 Å². The van der Waals surface area contributed by atoms with Gasteiger partial charge in [0.2, 0.25) is 0 Å². The maximum Gasteiger partial charge on any atom is 0.0572 e. The standard InChI is InChI=1S/C15H25N3/c1-4-13(16)14-7-6-12(10-17-14)18-9-5-8-15(2,3)11-18/h6-7,10,13H,4-5,8-9,11,16H2,1-3H3/t13-/m1/s1. The summed E-state index contributed by atoms with van der Waals surface area (Å²) in [7, 11) is 0. The maximum atomic E-state index is 5.99. The molecule has 100 valence electrons. The van der Waals surface area contributed by atoms with Gasteiger partial charge in [-0.05, 0) is 36.8 Å². The highest BCUT2D eigenvalue weighted by atomic mass is 15.1. The van der Waals surface area contributed by atoms with Crippen LogP contribution in [0, 0.1) is 5.41 Å². The third-order valence-corrected chi connectivity index (χ3v) is 3.86. The van der Waals surface area contributed by atoms with E-state index in [1.54, 1.807) is 0 Å². The second-order valence-corrected chi connectivity index (χ2v) is 6.15. The van der Waals surface area contributed by atoms with Crippen LogP contribution in [0.15, 0.2) is 18.3 Å². The predicted octanol–water partition coefficient (Wildman–Crippen LogP) is 3.12. The van der Waals surface area contributed by atoms with Crippen molar-refractivity contribution < 1.29 is 0 Å². The first-order chi connectivity index (χ1) is 8.52. The van der Waals surface area contributed by atoms with Crippen molar-refractivity contribution in [3.8, 4) is 0 Å². The van der Waals surface area contributed by atoms with Crippen molar-refractivity contribution in [3.05, 3.63) is 24.0 Å². The van der Waals surface area contributed by atoms with Crippen LogP contribution in [0.4, 0.5) is 5.69 Å². The molecule has 0 amide bonds. The first-order valence-corrected chi connectivity index (χ1v) is 6.98. The van der Waals surface area contributed by atoms with E-state index in [4.69, 9.17) is 5.73 Å². The monoisotopic (exact) mass is 247 g/mol. The minimum Gasteiger partial charge on any atom is -0.370 e. The summed E-state index contributed by atoms with van der Waals surface area (Å²) in [5.41, 5.74) is 8.63. The summed E-state index contributed by atoms with van der Waals surface area (Å²) in [6, 6.07) is 4.31. The molecule has 1 aliphatic rings. The van der Waals surface area contributed by atoms with E-state index in [1.807, 2.05) is 6.20 Å². The van der Waals surface area contributed by atoms with E-state index in [9.17, 15) is 0 Å². The molecular formula is C15H25N3. The lowest BCUT2D eigenvalue weighted by Crippen LogP contribution is -2.40. The number of nitrogens with two attached hydrogens (primary N) is 1. The fourth-order valence-electron chi connectivity index (χ4n) is 2.66. The molecule has 1 atom stereocenters. The molecule has 1 aromatic rings. The zero-order chi connectivity index (χ0) is 13.2. The molecule has 0 unspecified atom stereocenters. The number of pyridine rings is 1. The van der Waals surface area contributed by atoms with Gasteiger partial charge in [-0.1, -0.05) is 20.8 Å². The Labute approximate surface area is 110 Å². The van der Waals surface area contributed by atoms with Crippen molar-refractivity contribution >= 4 is 5.69 Å². The van der Waals surface area contributed by atoms with Crippen molar-refractivity contribution in [2.75, 3.05) is 18.0 Å². The molecule has 2 heterocycles. The predicted molar refractivity (Wildman–Crippen MR) is 76.7 cm³/mol. The first kappa shape index (κ1) is 13.3. The van der Waals surface area contributed by atoms with Crippen molar-refractivity contribution in [1.82, 2.24) is 4.98 Å². The van der Waals surface area contributed by atoms with Gasteiger partial charge in [-0.15, -0.1) is 0 Å². The summed E-state index contributed by atoms with van der Waals surface area (Å²) in [4.78, 5) is 6.95. The number of hydrogen-bond acceptors (Lipinski definition) is 3. The van der Waals surface area contributed by atoms with E-state index in [-0.39, 0.29) is 6.04 Å². The molecule has 2 rings (SSSR count). The van der Waals surface area contributed by atoms with Crippen LogP contribution in [-0.2, 0) is 0 Å². The smallest absolute Gasteiger partial charge is 0.0572 e. The quantitative estimate of drug-likeness (QED) is 0.892. The molecule has 1 fully saturated rings. The minimum atomic E-state index is 0.0665. The summed E-state index contributed by atoms with van der Waals surface area (Å²) in [6.45, 7) is 9.04. The topological polar surface area (TPSA) is 42.1 Å². The van der Waals surface area contributed by atoms with Gasteiger partial charge in [-0.2, -0.15) is 0 Å². The van der Waals surface area contributed by atoms with Crippen LogP contribution in [0.3, 0.4) is 0 Å². The van der Waals surface area contributed by atoms with E-state index in [2.05, 4.69) is 42.8 Å². The second kappa shape index (κ2) is 5.27. The Morgan fingerprint density at radius 1 is 1.44 bits per heavy atom. The van der Waals surface area contributed by atoms with Crippen molar-refractivity contribution in [2.24, 2.45) is 11.1 Å². The molecule has 0 spiro atoms. The molecule has 3 heteroatoms. The lowest BCUT2D eigenvalue weighted by molar-refractivity contribution is 0.293. The average molecular weight is 247 g/mol. The Hall–Kier alpha value is -1.09. The second-order valence-electron chi connectivity index (χ2n) is 6.15. The molecule has 0 saturated carbocycles. The van der Waals surface area contributed by atoms with E-state index in [0.29, 0.717) is 5.41 Å². The highest BCUT2D eigenvalue weighted by Gasteiger charge is 2.26. The third kappa shape index (κ3) is 3.02. The van der Waals surface area contributed by atoms with Crippen LogP contribution < -0.4 is 10.6 Å². The SMILES string of the molecule is CC[C@@H](N)c1ccc(N2CCCC(C)(C)C2)cn1. The molecule has 1 saturated heterocycles. The van der Waals surface area contributed by atoms with Gasteiger partial charge in [-0.3, -0.25) is 4.98 Å². The molecule has 0 aliphatic carbocycles. The Morgan fingerprint density at radius 2 is 2.22 bits per heavy atom. The summed E-state index contributed by atoms with van der Waals surface area (Å²) in [5, 5.41) is 0. The van der Waals surface area contributed by atoms with Crippen LogP contribution in [0.1, 0.15) is 51.8 Å². The molecular weight excluding hydrogens is 222 g/mol. The summed E-state index contributed by atoms with van der Waals surface area (Å²) >= 11 is 0.